The minimum Gasteiger partial charge on any atom is -0.422 e. The zero-order chi connectivity index (χ0) is 51.1. The first-order valence-electron chi connectivity index (χ1n) is 25.4. The minimum absolute atomic E-state index is 0. The van der Waals surface area contributed by atoms with E-state index in [0.29, 0.717) is 0 Å². The van der Waals surface area contributed by atoms with E-state index in [9.17, 15) is 39.6 Å². The predicted octanol–water partition coefficient (Wildman–Crippen LogP) is 10.5. The van der Waals surface area contributed by atoms with Gasteiger partial charge in [0.2, 0.25) is 0 Å². The fraction of sp³-hybridized carbons (Fsp3) is 0.649. The van der Waals surface area contributed by atoms with Crippen LogP contribution in [0.25, 0.3) is 20.4 Å². The molecule has 4 heterocycles. The number of ether oxygens (including phenoxy) is 2. The molecule has 0 spiro atoms. The maximum Gasteiger partial charge on any atom is 0.136 e. The second-order valence-electron chi connectivity index (χ2n) is 22.8. The molecule has 404 valence electrons. The summed E-state index contributed by atoms with van der Waals surface area (Å²) in [6.07, 6.45) is 5.61. The second kappa shape index (κ2) is 25.5. The van der Waals surface area contributed by atoms with Crippen molar-refractivity contribution in [3.8, 4) is 0 Å². The van der Waals surface area contributed by atoms with Gasteiger partial charge in [0, 0.05) is 90.2 Å². The molecule has 2 saturated carbocycles. The van der Waals surface area contributed by atoms with Crippen molar-refractivity contribution in [2.75, 3.05) is 0 Å². The molecule has 0 bridgehead atoms. The van der Waals surface area contributed by atoms with Crippen LogP contribution in [0.15, 0.2) is 36.4 Å². The first kappa shape index (κ1) is 63.3. The molecule has 2 aliphatic heterocycles. The molecule has 2 aromatic carbocycles. The van der Waals surface area contributed by atoms with E-state index in [4.69, 9.17) is 9.47 Å². The van der Waals surface area contributed by atoms with Gasteiger partial charge in [-0.3, -0.25) is 22.4 Å². The van der Waals surface area contributed by atoms with Gasteiger partial charge in [-0.1, -0.05) is 86.8 Å². The van der Waals surface area contributed by atoms with Gasteiger partial charge in [0.1, 0.15) is 11.6 Å². The van der Waals surface area contributed by atoms with Crippen molar-refractivity contribution in [3.63, 3.8) is 0 Å². The topological polar surface area (TPSA) is 200 Å². The number of benzene rings is 2. The molecule has 16 heteroatoms. The Labute approximate surface area is 470 Å². The SMILES string of the molecule is C.Cc1nc2cc(C3CC(=O)C[C@H](O)C(C)(C)C(=O)[CH-][C@@H](O)[C@@H](C)CCC[C@@]4(C)O[C@H]4C3)ccc2s1.Cc1nc2cc(C3CC(=O)C[C@H](O)C(C)(C)C(=O)[CH-][C@@H](O)[C@@H](C)CCC[C@@]4(C)O[C@H]4C3)ccc2s1.[W].[W]. The van der Waals surface area contributed by atoms with Gasteiger partial charge in [-0.05, 0) is 125 Å². The van der Waals surface area contributed by atoms with Gasteiger partial charge in [0.05, 0.1) is 66.1 Å². The van der Waals surface area contributed by atoms with E-state index in [1.165, 1.54) is 12.8 Å². The number of nitrogens with zero attached hydrogens (tertiary/aromatic N) is 2. The van der Waals surface area contributed by atoms with Crippen molar-refractivity contribution in [2.45, 2.75) is 213 Å². The van der Waals surface area contributed by atoms with E-state index in [2.05, 4.69) is 60.2 Å². The van der Waals surface area contributed by atoms with E-state index in [1.807, 2.05) is 27.7 Å². The van der Waals surface area contributed by atoms with Crippen LogP contribution in [-0.4, -0.2) is 101 Å². The third-order valence-electron chi connectivity index (χ3n) is 16.2. The monoisotopic (exact) mass is 1380 g/mol. The number of hydrogen-bond acceptors (Lipinski definition) is 14. The van der Waals surface area contributed by atoms with E-state index < -0.39 is 35.2 Å². The Balaban J connectivity index is 0.000000304. The molecule has 2 aliphatic carbocycles. The smallest absolute Gasteiger partial charge is 0.136 e. The van der Waals surface area contributed by atoms with E-state index in [-0.39, 0.29) is 145 Å². The quantitative estimate of drug-likeness (QED) is 0.110. The average molecular weight is 1390 g/mol. The maximum absolute atomic E-state index is 13.2. The predicted molar refractivity (Wildman–Crippen MR) is 281 cm³/mol. The first-order chi connectivity index (χ1) is 32.8. The molecule has 4 aliphatic rings. The number of carbonyl (C=O) groups excluding carboxylic acids is 4. The van der Waals surface area contributed by atoms with Crippen LogP contribution < -0.4 is 0 Å². The van der Waals surface area contributed by atoms with E-state index in [0.717, 1.165) is 92.9 Å². The summed E-state index contributed by atoms with van der Waals surface area (Å²) in [6, 6.07) is 12.5. The summed E-state index contributed by atoms with van der Waals surface area (Å²) >= 11 is 3.31. The number of aryl methyl sites for hydroxylation is 2. The van der Waals surface area contributed by atoms with Gasteiger partial charge < -0.3 is 39.5 Å². The molecule has 73 heavy (non-hydrogen) atoms. The number of hydrogen-bond donors (Lipinski definition) is 4. The fourth-order valence-corrected chi connectivity index (χ4v) is 12.0. The Morgan fingerprint density at radius 3 is 1.30 bits per heavy atom. The zero-order valence-corrected chi connectivity index (χ0v) is 51.1. The number of aliphatic hydroxyl groups is 4. The largest absolute Gasteiger partial charge is 0.422 e. The fourth-order valence-electron chi connectivity index (χ4n) is 10.4. The number of ketones is 4. The normalized spacial score (nSPS) is 33.5. The van der Waals surface area contributed by atoms with Crippen LogP contribution in [-0.2, 0) is 70.8 Å². The molecule has 4 fully saturated rings. The summed E-state index contributed by atoms with van der Waals surface area (Å²) in [6.45, 7) is 18.7. The molecule has 12 atom stereocenters. The number of aromatic nitrogens is 2. The van der Waals surface area contributed by atoms with Crippen LogP contribution in [0.3, 0.4) is 0 Å². The number of carbonyl (C=O) groups is 4. The van der Waals surface area contributed by atoms with Gasteiger partial charge in [0.15, 0.2) is 0 Å². The number of epoxide rings is 2. The molecular formula is C57H80N2O10S2W2-2. The van der Waals surface area contributed by atoms with Crippen LogP contribution in [0.5, 0.6) is 0 Å². The Kier molecular flexibility index (Phi) is 22.1. The number of thiazole rings is 2. The van der Waals surface area contributed by atoms with E-state index in [1.54, 1.807) is 50.4 Å². The summed E-state index contributed by atoms with van der Waals surface area (Å²) < 4.78 is 14.5. The summed E-state index contributed by atoms with van der Waals surface area (Å²) in [5.74, 6) is -1.08. The molecule has 4 N–H and O–H groups in total. The van der Waals surface area contributed by atoms with Gasteiger partial charge >= 0.3 is 0 Å². The number of aliphatic hydroxyl groups excluding tert-OH is 4. The van der Waals surface area contributed by atoms with Crippen molar-refractivity contribution < 1.29 is 91.2 Å². The number of rotatable bonds is 2. The Morgan fingerprint density at radius 2 is 0.945 bits per heavy atom. The summed E-state index contributed by atoms with van der Waals surface area (Å²) in [7, 11) is 0. The molecule has 2 aromatic heterocycles. The van der Waals surface area contributed by atoms with Crippen molar-refractivity contribution in [2.24, 2.45) is 22.7 Å². The molecule has 12 nitrogen and oxygen atoms in total. The van der Waals surface area contributed by atoms with Crippen LogP contribution in [0.1, 0.15) is 173 Å². The molecular weight excluding hydrogens is 1300 g/mol. The number of Topliss-reactive ketones (excluding diaryl/α,β-unsaturated/α-hetero) is 4. The van der Waals surface area contributed by atoms with Crippen molar-refractivity contribution >= 4 is 66.2 Å². The number of fused-ring (bicyclic) bond motifs is 4. The summed E-state index contributed by atoms with van der Waals surface area (Å²) in [5.41, 5.74) is 1.24. The molecule has 0 amide bonds. The van der Waals surface area contributed by atoms with Gasteiger partial charge in [-0.25, -0.2) is 9.97 Å². The standard InChI is InChI=1S/2C28H38NO5S.CH4.2W/c2*1-16-7-6-10-28(5)26(34-28)13-19(18-8-9-23-21(12-18)29-17(2)35-23)11-20(30)14-24(32)27(3,4)25(33)15-22(16)31;;;/h2*8-9,12,15-16,19,22,24,26,31-32H,6-7,10-11,13-14H2,1-5H3;1H4;;/q2*-1;;;/t2*16-,19?,22+,24-,26-,28+;;;/m00.../s1. The molecule has 0 radical (unpaired) electrons. The third-order valence-corrected chi connectivity index (χ3v) is 18.2. The van der Waals surface area contributed by atoms with Gasteiger partial charge in [0.25, 0.3) is 0 Å². The van der Waals surface area contributed by atoms with Gasteiger partial charge in [-0.2, -0.15) is 0 Å². The molecule has 2 saturated heterocycles. The van der Waals surface area contributed by atoms with Crippen molar-refractivity contribution in [3.05, 3.63) is 70.4 Å². The minimum atomic E-state index is -1.15. The van der Waals surface area contributed by atoms with Gasteiger partial charge in [-0.15, -0.1) is 22.7 Å². The van der Waals surface area contributed by atoms with Crippen LogP contribution in [0, 0.1) is 49.4 Å². The Bertz CT molecular complexity index is 2370. The molecule has 2 unspecified atom stereocenters. The summed E-state index contributed by atoms with van der Waals surface area (Å²) in [4.78, 5) is 61.4. The first-order valence-corrected chi connectivity index (χ1v) is 27.1. The van der Waals surface area contributed by atoms with E-state index >= 15 is 0 Å². The van der Waals surface area contributed by atoms with Crippen LogP contribution >= 0.6 is 22.7 Å². The van der Waals surface area contributed by atoms with Crippen LogP contribution in [0.2, 0.25) is 0 Å². The maximum atomic E-state index is 13.2. The van der Waals surface area contributed by atoms with Crippen molar-refractivity contribution in [1.82, 2.24) is 9.97 Å². The summed E-state index contributed by atoms with van der Waals surface area (Å²) in [5, 5.41) is 44.8. The van der Waals surface area contributed by atoms with Crippen molar-refractivity contribution in [1.29, 1.82) is 0 Å². The Hall–Kier alpha value is -2.22. The van der Waals surface area contributed by atoms with Crippen LogP contribution in [0.4, 0.5) is 0 Å². The average Bonchev–Trinajstić information content (AvgIpc) is 3.97. The molecule has 4 aromatic rings. The molecule has 8 rings (SSSR count). The second-order valence-corrected chi connectivity index (χ2v) is 25.2. The Morgan fingerprint density at radius 1 is 0.589 bits per heavy atom. The zero-order valence-electron chi connectivity index (χ0n) is 43.6. The third kappa shape index (κ3) is 15.5.